The number of benzene rings is 2. The Hall–Kier alpha value is -2.75. The number of imidazole rings is 1. The molecule has 1 heterocycles. The number of rotatable bonds is 6. The molecular weight excluding hydrogens is 286 g/mol. The normalized spacial score (nSPS) is 10.7. The Labute approximate surface area is 136 Å². The van der Waals surface area contributed by atoms with E-state index in [2.05, 4.69) is 27.8 Å². The second-order valence-corrected chi connectivity index (χ2v) is 5.56. The molecule has 3 aromatic rings. The summed E-state index contributed by atoms with van der Waals surface area (Å²) in [4.78, 5) is 4.49. The lowest BCUT2D eigenvalue weighted by atomic mass is 10.1. The maximum atomic E-state index is 5.85. The van der Waals surface area contributed by atoms with Gasteiger partial charge in [0, 0.05) is 31.0 Å². The third-order valence-corrected chi connectivity index (χ3v) is 3.90. The van der Waals surface area contributed by atoms with Crippen LogP contribution in [0.15, 0.2) is 60.9 Å². The Bertz CT molecular complexity index is 762. The third kappa shape index (κ3) is 3.92. The van der Waals surface area contributed by atoms with Crippen molar-refractivity contribution in [3.8, 4) is 5.75 Å². The van der Waals surface area contributed by atoms with Crippen molar-refractivity contribution in [2.24, 2.45) is 0 Å². The fraction of sp³-hybridized carbons (Fsp3) is 0.211. The molecule has 4 nitrogen and oxygen atoms in total. The summed E-state index contributed by atoms with van der Waals surface area (Å²) in [5.41, 5.74) is 9.11. The molecular formula is C19H21N3O. The minimum atomic E-state index is 0.794. The van der Waals surface area contributed by atoms with Gasteiger partial charge in [-0.25, -0.2) is 4.98 Å². The summed E-state index contributed by atoms with van der Waals surface area (Å²) < 4.78 is 7.37. The molecule has 0 saturated carbocycles. The lowest BCUT2D eigenvalue weighted by molar-refractivity contribution is 0.414. The molecule has 0 saturated heterocycles. The summed E-state index contributed by atoms with van der Waals surface area (Å²) in [6.45, 7) is 0.795. The number of nitrogens with zero attached hydrogens (tertiary/aromatic N) is 2. The van der Waals surface area contributed by atoms with Gasteiger partial charge in [-0.1, -0.05) is 24.3 Å². The second kappa shape index (κ2) is 7.01. The maximum absolute atomic E-state index is 5.85. The van der Waals surface area contributed by atoms with E-state index in [9.17, 15) is 0 Å². The highest BCUT2D eigenvalue weighted by atomic mass is 16.5. The zero-order valence-corrected chi connectivity index (χ0v) is 13.3. The van der Waals surface area contributed by atoms with Gasteiger partial charge in [0.05, 0.1) is 7.11 Å². The standard InChI is InChI=1S/C19H21N3O/c1-23-18-8-5-15(6-9-18)7-10-19-21-11-12-22(19)14-16-3-2-4-17(20)13-16/h2-6,8-9,11-13H,7,10,14,20H2,1H3. The highest BCUT2D eigenvalue weighted by Crippen LogP contribution is 2.14. The molecule has 0 bridgehead atoms. The van der Waals surface area contributed by atoms with Crippen LogP contribution in [0.3, 0.4) is 0 Å². The van der Waals surface area contributed by atoms with Crippen LogP contribution >= 0.6 is 0 Å². The molecule has 4 heteroatoms. The van der Waals surface area contributed by atoms with Gasteiger partial charge in [0.15, 0.2) is 0 Å². The zero-order valence-electron chi connectivity index (χ0n) is 13.3. The molecule has 0 unspecified atom stereocenters. The molecule has 0 aliphatic rings. The monoisotopic (exact) mass is 307 g/mol. The molecule has 118 valence electrons. The summed E-state index contributed by atoms with van der Waals surface area (Å²) in [5.74, 6) is 1.97. The number of anilines is 1. The minimum absolute atomic E-state index is 0.794. The van der Waals surface area contributed by atoms with Crippen molar-refractivity contribution >= 4 is 5.69 Å². The predicted molar refractivity (Wildman–Crippen MR) is 92.6 cm³/mol. The SMILES string of the molecule is COc1ccc(CCc2nccn2Cc2cccc(N)c2)cc1. The van der Waals surface area contributed by atoms with E-state index >= 15 is 0 Å². The highest BCUT2D eigenvalue weighted by Gasteiger charge is 2.05. The van der Waals surface area contributed by atoms with E-state index in [1.807, 2.05) is 42.7 Å². The fourth-order valence-electron chi connectivity index (χ4n) is 2.65. The molecule has 2 N–H and O–H groups in total. The summed E-state index contributed by atoms with van der Waals surface area (Å²) >= 11 is 0. The number of aryl methyl sites for hydroxylation is 2. The smallest absolute Gasteiger partial charge is 0.118 e. The first kappa shape index (κ1) is 15.2. The summed E-state index contributed by atoms with van der Waals surface area (Å²) in [7, 11) is 1.68. The van der Waals surface area contributed by atoms with E-state index in [0.29, 0.717) is 0 Å². The van der Waals surface area contributed by atoms with Crippen LogP contribution in [0.25, 0.3) is 0 Å². The number of aromatic nitrogens is 2. The lowest BCUT2D eigenvalue weighted by Gasteiger charge is -2.09. The number of hydrogen-bond donors (Lipinski definition) is 1. The van der Waals surface area contributed by atoms with E-state index in [4.69, 9.17) is 10.5 Å². The number of methoxy groups -OCH3 is 1. The number of nitrogens with two attached hydrogens (primary N) is 1. The first-order valence-electron chi connectivity index (χ1n) is 7.72. The highest BCUT2D eigenvalue weighted by molar-refractivity contribution is 5.40. The maximum Gasteiger partial charge on any atom is 0.118 e. The Balaban J connectivity index is 1.66. The summed E-state index contributed by atoms with van der Waals surface area (Å²) in [5, 5.41) is 0. The van der Waals surface area contributed by atoms with Crippen molar-refractivity contribution in [1.29, 1.82) is 0 Å². The van der Waals surface area contributed by atoms with Crippen molar-refractivity contribution < 1.29 is 4.74 Å². The van der Waals surface area contributed by atoms with E-state index in [1.54, 1.807) is 7.11 Å². The summed E-state index contributed by atoms with van der Waals surface area (Å²) in [6.07, 6.45) is 5.74. The minimum Gasteiger partial charge on any atom is -0.497 e. The third-order valence-electron chi connectivity index (χ3n) is 3.90. The van der Waals surface area contributed by atoms with Gasteiger partial charge in [-0.15, -0.1) is 0 Å². The molecule has 0 spiro atoms. The van der Waals surface area contributed by atoms with Crippen LogP contribution in [0.2, 0.25) is 0 Å². The first-order chi connectivity index (χ1) is 11.2. The summed E-state index contributed by atoms with van der Waals surface area (Å²) in [6, 6.07) is 16.2. The van der Waals surface area contributed by atoms with Crippen molar-refractivity contribution in [3.63, 3.8) is 0 Å². The van der Waals surface area contributed by atoms with Crippen LogP contribution in [0.5, 0.6) is 5.75 Å². The fourth-order valence-corrected chi connectivity index (χ4v) is 2.65. The van der Waals surface area contributed by atoms with Crippen molar-refractivity contribution in [3.05, 3.63) is 77.9 Å². The number of ether oxygens (including phenoxy) is 1. The lowest BCUT2D eigenvalue weighted by Crippen LogP contribution is -2.06. The average molecular weight is 307 g/mol. The molecule has 0 radical (unpaired) electrons. The van der Waals surface area contributed by atoms with Gasteiger partial charge in [-0.3, -0.25) is 0 Å². The largest absolute Gasteiger partial charge is 0.497 e. The average Bonchev–Trinajstić information content (AvgIpc) is 3.00. The van der Waals surface area contributed by atoms with Crippen molar-refractivity contribution in [2.45, 2.75) is 19.4 Å². The molecule has 2 aromatic carbocycles. The topological polar surface area (TPSA) is 53.1 Å². The Kier molecular flexibility index (Phi) is 4.62. The van der Waals surface area contributed by atoms with E-state index in [-0.39, 0.29) is 0 Å². The molecule has 0 amide bonds. The van der Waals surface area contributed by atoms with E-state index in [0.717, 1.165) is 36.6 Å². The predicted octanol–water partition coefficient (Wildman–Crippen LogP) is 3.31. The van der Waals surface area contributed by atoms with Gasteiger partial charge in [0.2, 0.25) is 0 Å². The Morgan fingerprint density at radius 2 is 1.87 bits per heavy atom. The molecule has 23 heavy (non-hydrogen) atoms. The van der Waals surface area contributed by atoms with Gasteiger partial charge in [0.25, 0.3) is 0 Å². The first-order valence-corrected chi connectivity index (χ1v) is 7.72. The van der Waals surface area contributed by atoms with Crippen LogP contribution in [0, 0.1) is 0 Å². The quantitative estimate of drug-likeness (QED) is 0.711. The second-order valence-electron chi connectivity index (χ2n) is 5.56. The zero-order chi connectivity index (χ0) is 16.1. The Morgan fingerprint density at radius 1 is 1.04 bits per heavy atom. The number of nitrogen functional groups attached to an aromatic ring is 1. The van der Waals surface area contributed by atoms with E-state index in [1.165, 1.54) is 11.1 Å². The van der Waals surface area contributed by atoms with Crippen LogP contribution in [0.4, 0.5) is 5.69 Å². The van der Waals surface area contributed by atoms with Crippen LogP contribution in [-0.4, -0.2) is 16.7 Å². The van der Waals surface area contributed by atoms with Crippen LogP contribution in [0.1, 0.15) is 17.0 Å². The van der Waals surface area contributed by atoms with Crippen molar-refractivity contribution in [2.75, 3.05) is 12.8 Å². The molecule has 0 fully saturated rings. The van der Waals surface area contributed by atoms with E-state index < -0.39 is 0 Å². The molecule has 3 rings (SSSR count). The molecule has 0 atom stereocenters. The Morgan fingerprint density at radius 3 is 2.61 bits per heavy atom. The molecule has 0 aliphatic carbocycles. The molecule has 1 aromatic heterocycles. The van der Waals surface area contributed by atoms with Crippen LogP contribution < -0.4 is 10.5 Å². The van der Waals surface area contributed by atoms with Gasteiger partial charge in [0.1, 0.15) is 11.6 Å². The van der Waals surface area contributed by atoms with Gasteiger partial charge >= 0.3 is 0 Å². The van der Waals surface area contributed by atoms with Gasteiger partial charge in [-0.2, -0.15) is 0 Å². The van der Waals surface area contributed by atoms with Gasteiger partial charge < -0.3 is 15.0 Å². The van der Waals surface area contributed by atoms with Gasteiger partial charge in [-0.05, 0) is 41.8 Å². The number of hydrogen-bond acceptors (Lipinski definition) is 3. The van der Waals surface area contributed by atoms with Crippen LogP contribution in [-0.2, 0) is 19.4 Å². The molecule has 0 aliphatic heterocycles. The van der Waals surface area contributed by atoms with Crippen molar-refractivity contribution in [1.82, 2.24) is 9.55 Å².